The van der Waals surface area contributed by atoms with Gasteiger partial charge in [-0.05, 0) is 66.7 Å². The number of hydrogen-bond acceptors (Lipinski definition) is 7. The first kappa shape index (κ1) is 32.1. The summed E-state index contributed by atoms with van der Waals surface area (Å²) in [5.41, 5.74) is 1.06. The molecule has 0 aliphatic carbocycles. The highest BCUT2D eigenvalue weighted by Gasteiger charge is 2.17. The quantitative estimate of drug-likeness (QED) is 0.381. The van der Waals surface area contributed by atoms with Crippen LogP contribution in [0.1, 0.15) is 80.7 Å². The van der Waals surface area contributed by atoms with Gasteiger partial charge in [-0.15, -0.1) is 0 Å². The summed E-state index contributed by atoms with van der Waals surface area (Å²) in [5, 5.41) is 14.3. The van der Waals surface area contributed by atoms with Crippen molar-refractivity contribution >= 4 is 23.8 Å². The van der Waals surface area contributed by atoms with Crippen molar-refractivity contribution in [1.82, 2.24) is 10.6 Å². The highest BCUT2D eigenvalue weighted by Crippen LogP contribution is 2.13. The fourth-order valence-electron chi connectivity index (χ4n) is 2.97. The summed E-state index contributed by atoms with van der Waals surface area (Å²) in [6, 6.07) is 13.5. The van der Waals surface area contributed by atoms with E-state index in [1.54, 1.807) is 59.7 Å². The Kier molecular flexibility index (Phi) is 12.5. The molecule has 0 aliphatic heterocycles. The van der Waals surface area contributed by atoms with E-state index in [1.807, 2.05) is 25.1 Å². The zero-order chi connectivity index (χ0) is 28.9. The molecule has 2 aromatic rings. The van der Waals surface area contributed by atoms with E-state index >= 15 is 0 Å². The Morgan fingerprint density at radius 1 is 0.711 bits per heavy atom. The van der Waals surface area contributed by atoms with Gasteiger partial charge in [0.2, 0.25) is 0 Å². The van der Waals surface area contributed by atoms with Gasteiger partial charge in [-0.25, -0.2) is 9.59 Å². The number of aryl methyl sites for hydroxylation is 1. The van der Waals surface area contributed by atoms with E-state index in [0.717, 1.165) is 5.56 Å². The van der Waals surface area contributed by atoms with Crippen LogP contribution >= 0.6 is 0 Å². The lowest BCUT2D eigenvalue weighted by Crippen LogP contribution is -2.33. The Bertz CT molecular complexity index is 1010. The Balaban J connectivity index is 0.000000380. The largest absolute Gasteiger partial charge is 0.508 e. The van der Waals surface area contributed by atoms with Crippen molar-refractivity contribution in [2.75, 3.05) is 13.1 Å². The number of amides is 2. The maximum absolute atomic E-state index is 11.9. The second kappa shape index (κ2) is 14.8. The van der Waals surface area contributed by atoms with Crippen molar-refractivity contribution in [3.05, 3.63) is 65.2 Å². The molecule has 208 valence electrons. The van der Waals surface area contributed by atoms with Gasteiger partial charge in [0.05, 0.1) is 0 Å². The van der Waals surface area contributed by atoms with E-state index in [9.17, 15) is 24.3 Å². The van der Waals surface area contributed by atoms with Crippen LogP contribution in [-0.4, -0.2) is 53.2 Å². The number of Topliss-reactive ketones (excluding diaryl/α,β-unsaturated/α-hetero) is 2. The molecule has 9 heteroatoms. The van der Waals surface area contributed by atoms with Gasteiger partial charge in [-0.1, -0.05) is 35.9 Å². The van der Waals surface area contributed by atoms with Gasteiger partial charge >= 0.3 is 12.2 Å². The van der Waals surface area contributed by atoms with Crippen LogP contribution < -0.4 is 10.6 Å². The van der Waals surface area contributed by atoms with Crippen molar-refractivity contribution in [2.24, 2.45) is 0 Å². The maximum Gasteiger partial charge on any atom is 0.407 e. The topological polar surface area (TPSA) is 131 Å². The van der Waals surface area contributed by atoms with Gasteiger partial charge in [-0.3, -0.25) is 9.59 Å². The number of nitrogens with one attached hydrogen (secondary N) is 2. The zero-order valence-corrected chi connectivity index (χ0v) is 23.3. The molecule has 0 saturated heterocycles. The van der Waals surface area contributed by atoms with Crippen molar-refractivity contribution in [3.63, 3.8) is 0 Å². The summed E-state index contributed by atoms with van der Waals surface area (Å²) in [5.74, 6) is -0.0855. The van der Waals surface area contributed by atoms with Crippen LogP contribution in [0.2, 0.25) is 0 Å². The molecule has 2 rings (SSSR count). The average Bonchev–Trinajstić information content (AvgIpc) is 2.77. The van der Waals surface area contributed by atoms with Crippen LogP contribution in [0, 0.1) is 6.92 Å². The molecule has 0 unspecified atom stereocenters. The maximum atomic E-state index is 11.9. The first-order chi connectivity index (χ1) is 17.6. The molecule has 0 fully saturated rings. The van der Waals surface area contributed by atoms with Gasteiger partial charge in [0.15, 0.2) is 11.6 Å². The van der Waals surface area contributed by atoms with E-state index in [1.165, 1.54) is 12.1 Å². The Morgan fingerprint density at radius 2 is 1.13 bits per heavy atom. The van der Waals surface area contributed by atoms with Gasteiger partial charge < -0.3 is 25.2 Å². The minimum atomic E-state index is -0.556. The van der Waals surface area contributed by atoms with Crippen molar-refractivity contribution < 1.29 is 33.8 Å². The molecule has 0 aliphatic rings. The molecule has 0 bridgehead atoms. The molecule has 0 spiro atoms. The average molecular weight is 529 g/mol. The predicted molar refractivity (Wildman–Crippen MR) is 146 cm³/mol. The summed E-state index contributed by atoms with van der Waals surface area (Å²) in [6.07, 6.45) is -0.619. The number of alkyl carbamates (subject to hydrolysis) is 2. The number of aromatic hydroxyl groups is 1. The number of carbonyl (C=O) groups excluding carboxylic acids is 4. The lowest BCUT2D eigenvalue weighted by molar-refractivity contribution is 0.0514. The molecule has 0 aromatic heterocycles. The summed E-state index contributed by atoms with van der Waals surface area (Å²) in [7, 11) is 0. The highest BCUT2D eigenvalue weighted by atomic mass is 16.6. The third-order valence-electron chi connectivity index (χ3n) is 4.55. The third-order valence-corrected chi connectivity index (χ3v) is 4.55. The number of ether oxygens (including phenoxy) is 2. The monoisotopic (exact) mass is 528 g/mol. The van der Waals surface area contributed by atoms with Crippen LogP contribution in [0.25, 0.3) is 0 Å². The number of carbonyl (C=O) groups is 4. The Hall–Kier alpha value is -3.88. The first-order valence-corrected chi connectivity index (χ1v) is 12.4. The number of rotatable bonds is 8. The molecular formula is C29H40N2O7. The fraction of sp³-hybridized carbons (Fsp3) is 0.448. The van der Waals surface area contributed by atoms with E-state index in [4.69, 9.17) is 9.47 Å². The first-order valence-electron chi connectivity index (χ1n) is 12.4. The van der Waals surface area contributed by atoms with E-state index in [2.05, 4.69) is 10.6 Å². The minimum Gasteiger partial charge on any atom is -0.508 e. The predicted octanol–water partition coefficient (Wildman–Crippen LogP) is 5.58. The van der Waals surface area contributed by atoms with Crippen molar-refractivity contribution in [1.29, 1.82) is 0 Å². The van der Waals surface area contributed by atoms with Crippen LogP contribution in [0.3, 0.4) is 0 Å². The molecule has 3 N–H and O–H groups in total. The Labute approximate surface area is 224 Å². The number of ketones is 2. The van der Waals surface area contributed by atoms with Crippen LogP contribution in [0.5, 0.6) is 5.75 Å². The molecule has 9 nitrogen and oxygen atoms in total. The van der Waals surface area contributed by atoms with Gasteiger partial charge in [0, 0.05) is 37.1 Å². The van der Waals surface area contributed by atoms with E-state index in [0.29, 0.717) is 11.1 Å². The molecule has 0 heterocycles. The van der Waals surface area contributed by atoms with Crippen LogP contribution in [0.15, 0.2) is 48.5 Å². The molecule has 2 amide bonds. The lowest BCUT2D eigenvalue weighted by atomic mass is 10.1. The van der Waals surface area contributed by atoms with E-state index < -0.39 is 23.4 Å². The lowest BCUT2D eigenvalue weighted by Gasteiger charge is -2.19. The second-order valence-electron chi connectivity index (χ2n) is 10.6. The summed E-state index contributed by atoms with van der Waals surface area (Å²) < 4.78 is 10.1. The van der Waals surface area contributed by atoms with E-state index in [-0.39, 0.29) is 43.2 Å². The standard InChI is InChI=1S/C15H21NO3.C14H19NO4/c1-11-6-5-7-12(10-11)13(17)8-9-16-14(18)19-15(2,3)4;1-14(2,3)19-13(18)15-8-7-12(17)10-5-4-6-11(16)9-10/h5-7,10H,8-9H2,1-4H3,(H,16,18);4-6,9,16H,7-8H2,1-3H3,(H,15,18). The van der Waals surface area contributed by atoms with Crippen LogP contribution in [-0.2, 0) is 9.47 Å². The smallest absolute Gasteiger partial charge is 0.407 e. The summed E-state index contributed by atoms with van der Waals surface area (Å²) in [4.78, 5) is 46.4. The molecule has 0 saturated carbocycles. The van der Waals surface area contributed by atoms with Crippen molar-refractivity contribution in [2.45, 2.75) is 72.5 Å². The molecule has 2 aromatic carbocycles. The van der Waals surface area contributed by atoms with Gasteiger partial charge in [0.1, 0.15) is 17.0 Å². The summed E-state index contributed by atoms with van der Waals surface area (Å²) >= 11 is 0. The Morgan fingerprint density at radius 3 is 1.53 bits per heavy atom. The minimum absolute atomic E-state index is 0.0137. The zero-order valence-electron chi connectivity index (χ0n) is 23.3. The SMILES string of the molecule is CC(C)(C)OC(=O)NCCC(=O)c1cccc(O)c1.Cc1cccc(C(=O)CCNC(=O)OC(C)(C)C)c1. The number of hydrogen-bond donors (Lipinski definition) is 3. The third kappa shape index (κ3) is 14.6. The van der Waals surface area contributed by atoms with Crippen LogP contribution in [0.4, 0.5) is 9.59 Å². The molecule has 0 radical (unpaired) electrons. The normalized spacial score (nSPS) is 10.9. The van der Waals surface area contributed by atoms with Gasteiger partial charge in [0.25, 0.3) is 0 Å². The molecule has 38 heavy (non-hydrogen) atoms. The van der Waals surface area contributed by atoms with Crippen molar-refractivity contribution in [3.8, 4) is 5.75 Å². The second-order valence-corrected chi connectivity index (χ2v) is 10.6. The number of benzene rings is 2. The number of phenols is 1. The number of phenolic OH excluding ortho intramolecular Hbond substituents is 1. The van der Waals surface area contributed by atoms with Gasteiger partial charge in [-0.2, -0.15) is 0 Å². The molecular weight excluding hydrogens is 488 g/mol. The summed E-state index contributed by atoms with van der Waals surface area (Å²) in [6.45, 7) is 13.1. The fourth-order valence-corrected chi connectivity index (χ4v) is 2.97. The molecule has 0 atom stereocenters. The highest BCUT2D eigenvalue weighted by molar-refractivity contribution is 5.97.